The molecule has 1 N–H and O–H groups in total. The van der Waals surface area contributed by atoms with Crippen LogP contribution in [0, 0.1) is 22.0 Å². The Bertz CT molecular complexity index is 534. The van der Waals surface area contributed by atoms with Crippen molar-refractivity contribution < 1.29 is 14.8 Å². The van der Waals surface area contributed by atoms with E-state index in [9.17, 15) is 20.0 Å². The number of nitro benzene ring substituents is 1. The van der Waals surface area contributed by atoms with E-state index in [1.165, 1.54) is 6.07 Å². The van der Waals surface area contributed by atoms with Crippen LogP contribution in [-0.2, 0) is 0 Å². The minimum absolute atomic E-state index is 0.000463. The van der Waals surface area contributed by atoms with Crippen LogP contribution >= 0.6 is 0 Å². The van der Waals surface area contributed by atoms with Gasteiger partial charge in [-0.25, -0.2) is 4.79 Å². The van der Waals surface area contributed by atoms with Gasteiger partial charge < -0.3 is 10.0 Å². The van der Waals surface area contributed by atoms with Crippen molar-refractivity contribution in [1.82, 2.24) is 0 Å². The van der Waals surface area contributed by atoms with Crippen LogP contribution < -0.4 is 4.90 Å². The first kappa shape index (κ1) is 14.3. The molecule has 2 atom stereocenters. The molecule has 0 aromatic heterocycles. The Balaban J connectivity index is 2.40. The number of anilines is 1. The Morgan fingerprint density at radius 3 is 2.45 bits per heavy atom. The summed E-state index contributed by atoms with van der Waals surface area (Å²) in [5, 5.41) is 20.1. The zero-order chi connectivity index (χ0) is 14.9. The molecule has 1 aromatic rings. The maximum Gasteiger partial charge on any atom is 0.338 e. The Morgan fingerprint density at radius 2 is 1.95 bits per heavy atom. The lowest BCUT2D eigenvalue weighted by Crippen LogP contribution is -2.39. The van der Waals surface area contributed by atoms with E-state index < -0.39 is 10.9 Å². The maximum absolute atomic E-state index is 11.4. The third kappa shape index (κ3) is 2.89. The lowest BCUT2D eigenvalue weighted by molar-refractivity contribution is -0.384. The minimum Gasteiger partial charge on any atom is -0.478 e. The van der Waals surface area contributed by atoms with Gasteiger partial charge in [-0.3, -0.25) is 10.1 Å². The highest BCUT2D eigenvalue weighted by Crippen LogP contribution is 2.31. The van der Waals surface area contributed by atoms with E-state index in [2.05, 4.69) is 13.8 Å². The lowest BCUT2D eigenvalue weighted by Gasteiger charge is -2.37. The Kier molecular flexibility index (Phi) is 3.92. The summed E-state index contributed by atoms with van der Waals surface area (Å²) in [6, 6.07) is 4.06. The number of carboxylic acid groups (broad SMARTS) is 1. The number of hydrogen-bond acceptors (Lipinski definition) is 4. The fourth-order valence-corrected chi connectivity index (χ4v) is 2.94. The highest BCUT2D eigenvalue weighted by molar-refractivity contribution is 5.95. The van der Waals surface area contributed by atoms with Gasteiger partial charge in [-0.2, -0.15) is 0 Å². The van der Waals surface area contributed by atoms with Crippen LogP contribution in [-0.4, -0.2) is 29.1 Å². The van der Waals surface area contributed by atoms with Gasteiger partial charge >= 0.3 is 5.97 Å². The van der Waals surface area contributed by atoms with Crippen molar-refractivity contribution in [2.75, 3.05) is 18.0 Å². The summed E-state index contributed by atoms with van der Waals surface area (Å²) in [6.45, 7) is 5.83. The highest BCUT2D eigenvalue weighted by atomic mass is 16.6. The molecular formula is C14H18N2O4. The normalized spacial score (nSPS) is 22.6. The first-order valence-electron chi connectivity index (χ1n) is 6.65. The predicted molar refractivity (Wildman–Crippen MR) is 75.2 cm³/mol. The van der Waals surface area contributed by atoms with Gasteiger partial charge in [-0.1, -0.05) is 13.8 Å². The smallest absolute Gasteiger partial charge is 0.338 e. The van der Waals surface area contributed by atoms with Gasteiger partial charge in [0, 0.05) is 25.2 Å². The third-order valence-electron chi connectivity index (χ3n) is 3.63. The van der Waals surface area contributed by atoms with E-state index in [4.69, 9.17) is 0 Å². The molecule has 0 amide bonds. The van der Waals surface area contributed by atoms with E-state index in [0.29, 0.717) is 17.5 Å². The average molecular weight is 278 g/mol. The molecule has 1 fully saturated rings. The van der Waals surface area contributed by atoms with Crippen LogP contribution in [0.3, 0.4) is 0 Å². The number of hydrogen-bond donors (Lipinski definition) is 1. The molecule has 0 aliphatic carbocycles. The number of nitro groups is 1. The van der Waals surface area contributed by atoms with Gasteiger partial charge in [0.25, 0.3) is 5.69 Å². The summed E-state index contributed by atoms with van der Waals surface area (Å²) in [4.78, 5) is 23.6. The van der Waals surface area contributed by atoms with Gasteiger partial charge in [-0.05, 0) is 24.3 Å². The number of non-ortho nitro benzene ring substituents is 1. The molecule has 1 aliphatic rings. The summed E-state index contributed by atoms with van der Waals surface area (Å²) in [5.41, 5.74) is 0.381. The summed E-state index contributed by atoms with van der Waals surface area (Å²) in [5.74, 6) is -0.166. The Labute approximate surface area is 117 Å². The second kappa shape index (κ2) is 5.48. The molecule has 0 radical (unpaired) electrons. The van der Waals surface area contributed by atoms with Crippen molar-refractivity contribution in [1.29, 1.82) is 0 Å². The fourth-order valence-electron chi connectivity index (χ4n) is 2.94. The van der Waals surface area contributed by atoms with Crippen LogP contribution in [0.1, 0.15) is 30.6 Å². The van der Waals surface area contributed by atoms with Gasteiger partial charge in [0.1, 0.15) is 0 Å². The van der Waals surface area contributed by atoms with Crippen molar-refractivity contribution in [3.8, 4) is 0 Å². The van der Waals surface area contributed by atoms with Crippen molar-refractivity contribution in [2.24, 2.45) is 11.8 Å². The van der Waals surface area contributed by atoms with Crippen molar-refractivity contribution in [3.05, 3.63) is 33.9 Å². The van der Waals surface area contributed by atoms with Crippen LogP contribution in [0.25, 0.3) is 0 Å². The molecule has 2 rings (SSSR count). The number of benzene rings is 1. The molecule has 1 heterocycles. The first-order chi connectivity index (χ1) is 9.38. The lowest BCUT2D eigenvalue weighted by atomic mass is 9.91. The number of piperidine rings is 1. The SMILES string of the molecule is C[C@H]1C[C@H](C)CN(c2ccc([N+](=O)[O-])cc2C(=O)O)C1. The molecular weight excluding hydrogens is 260 g/mol. The number of rotatable bonds is 3. The van der Waals surface area contributed by atoms with Crippen molar-refractivity contribution in [3.63, 3.8) is 0 Å². The van der Waals surface area contributed by atoms with Gasteiger partial charge in [0.2, 0.25) is 0 Å². The zero-order valence-electron chi connectivity index (χ0n) is 11.6. The van der Waals surface area contributed by atoms with Crippen molar-refractivity contribution >= 4 is 17.3 Å². The minimum atomic E-state index is -1.13. The second-order valence-electron chi connectivity index (χ2n) is 5.61. The number of nitrogens with zero attached hydrogens (tertiary/aromatic N) is 2. The van der Waals surface area contributed by atoms with Crippen LogP contribution in [0.2, 0.25) is 0 Å². The van der Waals surface area contributed by atoms with Gasteiger partial charge in [0.05, 0.1) is 16.2 Å². The van der Waals surface area contributed by atoms with Gasteiger partial charge in [0.15, 0.2) is 0 Å². The maximum atomic E-state index is 11.4. The first-order valence-corrected chi connectivity index (χ1v) is 6.65. The van der Waals surface area contributed by atoms with E-state index in [1.54, 1.807) is 6.07 Å². The number of carbonyl (C=O) groups is 1. The van der Waals surface area contributed by atoms with Gasteiger partial charge in [-0.15, -0.1) is 0 Å². The summed E-state index contributed by atoms with van der Waals surface area (Å²) < 4.78 is 0. The molecule has 0 bridgehead atoms. The number of aromatic carboxylic acids is 1. The molecule has 0 unspecified atom stereocenters. The molecule has 0 spiro atoms. The summed E-state index contributed by atoms with van der Waals surface area (Å²) in [7, 11) is 0. The quantitative estimate of drug-likeness (QED) is 0.679. The summed E-state index contributed by atoms with van der Waals surface area (Å²) in [6.07, 6.45) is 1.12. The van der Waals surface area contributed by atoms with E-state index >= 15 is 0 Å². The van der Waals surface area contributed by atoms with Crippen molar-refractivity contribution in [2.45, 2.75) is 20.3 Å². The second-order valence-corrected chi connectivity index (χ2v) is 5.61. The molecule has 108 valence electrons. The molecule has 0 saturated carbocycles. The molecule has 6 heteroatoms. The largest absolute Gasteiger partial charge is 0.478 e. The predicted octanol–water partition coefficient (Wildman–Crippen LogP) is 2.78. The topological polar surface area (TPSA) is 83.7 Å². The monoisotopic (exact) mass is 278 g/mol. The Hall–Kier alpha value is -2.11. The standard InChI is InChI=1S/C14H18N2O4/c1-9-5-10(2)8-15(7-9)13-4-3-11(16(19)20)6-12(13)14(17)18/h3-4,6,9-10H,5,7-8H2,1-2H3,(H,17,18)/t9-,10-/m0/s1. The van der Waals surface area contributed by atoms with Crippen LogP contribution in [0.15, 0.2) is 18.2 Å². The molecule has 6 nitrogen and oxygen atoms in total. The number of carboxylic acids is 1. The zero-order valence-corrected chi connectivity index (χ0v) is 11.6. The van der Waals surface area contributed by atoms with E-state index in [1.807, 2.05) is 4.90 Å². The van der Waals surface area contributed by atoms with E-state index in [0.717, 1.165) is 25.6 Å². The van der Waals surface area contributed by atoms with E-state index in [-0.39, 0.29) is 11.3 Å². The van der Waals surface area contributed by atoms with Crippen LogP contribution in [0.4, 0.5) is 11.4 Å². The fraction of sp³-hybridized carbons (Fsp3) is 0.500. The Morgan fingerprint density at radius 1 is 1.35 bits per heavy atom. The molecule has 1 saturated heterocycles. The third-order valence-corrected chi connectivity index (χ3v) is 3.63. The highest BCUT2D eigenvalue weighted by Gasteiger charge is 2.26. The molecule has 1 aliphatic heterocycles. The average Bonchev–Trinajstić information content (AvgIpc) is 2.36. The summed E-state index contributed by atoms with van der Waals surface area (Å²) >= 11 is 0. The van der Waals surface area contributed by atoms with Crippen LogP contribution in [0.5, 0.6) is 0 Å². The molecule has 1 aromatic carbocycles. The molecule has 20 heavy (non-hydrogen) atoms.